The second-order valence-electron chi connectivity index (χ2n) is 5.54. The minimum Gasteiger partial charge on any atom is -0.493 e. The van der Waals surface area contributed by atoms with Crippen molar-refractivity contribution in [1.29, 1.82) is 0 Å². The molecule has 0 radical (unpaired) electrons. The highest BCUT2D eigenvalue weighted by molar-refractivity contribution is 5.46. The average Bonchev–Trinajstić information content (AvgIpc) is 2.59. The molecule has 0 unspecified atom stereocenters. The molecule has 0 saturated carbocycles. The van der Waals surface area contributed by atoms with E-state index in [0.717, 1.165) is 48.0 Å². The van der Waals surface area contributed by atoms with Crippen LogP contribution in [0.4, 0.5) is 11.8 Å². The molecule has 0 aliphatic heterocycles. The highest BCUT2D eigenvalue weighted by Crippen LogP contribution is 2.27. The lowest BCUT2D eigenvalue weighted by Crippen LogP contribution is -2.09. The zero-order valence-corrected chi connectivity index (χ0v) is 14.8. The van der Waals surface area contributed by atoms with E-state index in [1.807, 2.05) is 31.2 Å². The molecule has 130 valence electrons. The van der Waals surface area contributed by atoms with Crippen molar-refractivity contribution in [2.24, 2.45) is 0 Å². The Morgan fingerprint density at radius 3 is 2.50 bits per heavy atom. The number of nitrogens with zero attached hydrogens (tertiary/aromatic N) is 2. The Kier molecular flexibility index (Phi) is 6.66. The highest BCUT2D eigenvalue weighted by atomic mass is 16.5. The molecule has 2 aromatic rings. The Morgan fingerprint density at radius 2 is 1.79 bits per heavy atom. The van der Waals surface area contributed by atoms with Gasteiger partial charge in [-0.15, -0.1) is 0 Å². The topological polar surface area (TPSA) is 68.3 Å². The Bertz CT molecular complexity index is 661. The van der Waals surface area contributed by atoms with Gasteiger partial charge in [-0.2, -0.15) is 4.98 Å². The van der Waals surface area contributed by atoms with Crippen molar-refractivity contribution in [2.75, 3.05) is 31.4 Å². The Hall–Kier alpha value is -2.50. The molecule has 0 amide bonds. The van der Waals surface area contributed by atoms with Crippen LogP contribution < -0.4 is 20.1 Å². The fourth-order valence-electron chi connectivity index (χ4n) is 2.30. The molecule has 0 spiro atoms. The van der Waals surface area contributed by atoms with Crippen LogP contribution in [0.3, 0.4) is 0 Å². The van der Waals surface area contributed by atoms with Gasteiger partial charge in [0.05, 0.1) is 14.2 Å². The first-order chi connectivity index (χ1) is 11.7. The zero-order valence-electron chi connectivity index (χ0n) is 14.8. The Labute approximate surface area is 143 Å². The number of methoxy groups -OCH3 is 2. The average molecular weight is 330 g/mol. The van der Waals surface area contributed by atoms with Crippen LogP contribution in [0, 0.1) is 6.92 Å². The number of unbranched alkanes of at least 4 members (excludes halogenated alkanes) is 1. The predicted molar refractivity (Wildman–Crippen MR) is 97.0 cm³/mol. The number of benzene rings is 1. The molecule has 2 rings (SSSR count). The van der Waals surface area contributed by atoms with Crippen molar-refractivity contribution < 1.29 is 9.47 Å². The van der Waals surface area contributed by atoms with Gasteiger partial charge in [-0.25, -0.2) is 4.98 Å². The monoisotopic (exact) mass is 330 g/mol. The van der Waals surface area contributed by atoms with E-state index in [4.69, 9.17) is 9.47 Å². The number of nitrogens with one attached hydrogen (secondary N) is 2. The summed E-state index contributed by atoms with van der Waals surface area (Å²) in [5.74, 6) is 2.91. The van der Waals surface area contributed by atoms with Crippen LogP contribution in [-0.4, -0.2) is 30.7 Å². The third kappa shape index (κ3) is 5.01. The summed E-state index contributed by atoms with van der Waals surface area (Å²) in [4.78, 5) is 8.92. The fraction of sp³-hybridized carbons (Fsp3) is 0.444. The van der Waals surface area contributed by atoms with E-state index >= 15 is 0 Å². The van der Waals surface area contributed by atoms with Crippen LogP contribution >= 0.6 is 0 Å². The van der Waals surface area contributed by atoms with Crippen molar-refractivity contribution in [3.05, 3.63) is 35.5 Å². The van der Waals surface area contributed by atoms with E-state index in [1.54, 1.807) is 14.2 Å². The van der Waals surface area contributed by atoms with E-state index < -0.39 is 0 Å². The molecule has 6 nitrogen and oxygen atoms in total. The molecule has 1 heterocycles. The first-order valence-electron chi connectivity index (χ1n) is 8.20. The summed E-state index contributed by atoms with van der Waals surface area (Å²) in [5.41, 5.74) is 2.02. The quantitative estimate of drug-likeness (QED) is 0.684. The van der Waals surface area contributed by atoms with Crippen LogP contribution in [0.1, 0.15) is 31.0 Å². The Morgan fingerprint density at radius 1 is 1.00 bits per heavy atom. The summed E-state index contributed by atoms with van der Waals surface area (Å²) in [6.07, 6.45) is 2.24. The predicted octanol–water partition coefficient (Wildman–Crippen LogP) is 3.63. The van der Waals surface area contributed by atoms with Gasteiger partial charge < -0.3 is 20.1 Å². The number of rotatable bonds is 9. The number of ether oxygens (including phenoxy) is 2. The summed E-state index contributed by atoms with van der Waals surface area (Å²) >= 11 is 0. The maximum Gasteiger partial charge on any atom is 0.224 e. The second kappa shape index (κ2) is 8.96. The van der Waals surface area contributed by atoms with Gasteiger partial charge in [0.2, 0.25) is 5.95 Å². The fourth-order valence-corrected chi connectivity index (χ4v) is 2.30. The minimum atomic E-state index is 0.644. The molecule has 0 atom stereocenters. The van der Waals surface area contributed by atoms with Gasteiger partial charge in [0, 0.05) is 24.8 Å². The number of hydrogen-bond acceptors (Lipinski definition) is 6. The van der Waals surface area contributed by atoms with Gasteiger partial charge in [-0.3, -0.25) is 0 Å². The van der Waals surface area contributed by atoms with Gasteiger partial charge in [0.25, 0.3) is 0 Å². The van der Waals surface area contributed by atoms with Gasteiger partial charge in [-0.05, 0) is 31.0 Å². The van der Waals surface area contributed by atoms with Crippen LogP contribution in [0.15, 0.2) is 24.3 Å². The third-order valence-electron chi connectivity index (χ3n) is 3.59. The number of aromatic nitrogens is 2. The van der Waals surface area contributed by atoms with E-state index in [9.17, 15) is 0 Å². The highest BCUT2D eigenvalue weighted by Gasteiger charge is 2.06. The maximum atomic E-state index is 5.33. The standard InChI is InChI=1S/C18H26N4O2/c1-5-6-9-19-18-21-13(2)10-17(22-18)20-12-14-7-8-15(23-3)16(11-14)24-4/h7-8,10-11H,5-6,9,12H2,1-4H3,(H2,19,20,21,22). The summed E-state index contributed by atoms with van der Waals surface area (Å²) in [7, 11) is 3.27. The van der Waals surface area contributed by atoms with Crippen molar-refractivity contribution in [3.63, 3.8) is 0 Å². The minimum absolute atomic E-state index is 0.644. The van der Waals surface area contributed by atoms with Crippen molar-refractivity contribution in [2.45, 2.75) is 33.2 Å². The second-order valence-corrected chi connectivity index (χ2v) is 5.54. The molecule has 0 aliphatic carbocycles. The lowest BCUT2D eigenvalue weighted by atomic mass is 10.2. The number of anilines is 2. The molecule has 24 heavy (non-hydrogen) atoms. The van der Waals surface area contributed by atoms with Crippen LogP contribution in [0.25, 0.3) is 0 Å². The normalized spacial score (nSPS) is 10.3. The molecule has 1 aromatic carbocycles. The lowest BCUT2D eigenvalue weighted by molar-refractivity contribution is 0.354. The van der Waals surface area contributed by atoms with E-state index in [0.29, 0.717) is 12.5 Å². The summed E-state index contributed by atoms with van der Waals surface area (Å²) in [5, 5.41) is 6.59. The molecular weight excluding hydrogens is 304 g/mol. The zero-order chi connectivity index (χ0) is 17.4. The number of aryl methyl sites for hydroxylation is 1. The number of hydrogen-bond donors (Lipinski definition) is 2. The van der Waals surface area contributed by atoms with Crippen molar-refractivity contribution in [3.8, 4) is 11.5 Å². The first-order valence-corrected chi connectivity index (χ1v) is 8.20. The van der Waals surface area contributed by atoms with Crippen molar-refractivity contribution in [1.82, 2.24) is 9.97 Å². The van der Waals surface area contributed by atoms with E-state index in [-0.39, 0.29) is 0 Å². The van der Waals surface area contributed by atoms with Gasteiger partial charge in [0.1, 0.15) is 5.82 Å². The summed E-state index contributed by atoms with van der Waals surface area (Å²) < 4.78 is 10.6. The third-order valence-corrected chi connectivity index (χ3v) is 3.59. The molecule has 0 saturated heterocycles. The van der Waals surface area contributed by atoms with E-state index in [2.05, 4.69) is 27.5 Å². The van der Waals surface area contributed by atoms with E-state index in [1.165, 1.54) is 0 Å². The molecule has 0 bridgehead atoms. The van der Waals surface area contributed by atoms with Crippen LogP contribution in [-0.2, 0) is 6.54 Å². The van der Waals surface area contributed by atoms with Gasteiger partial charge in [-0.1, -0.05) is 19.4 Å². The smallest absolute Gasteiger partial charge is 0.224 e. The molecule has 0 fully saturated rings. The summed E-state index contributed by atoms with van der Waals surface area (Å²) in [6.45, 7) is 5.66. The SMILES string of the molecule is CCCCNc1nc(C)cc(NCc2ccc(OC)c(OC)c2)n1. The van der Waals surface area contributed by atoms with Crippen LogP contribution in [0.2, 0.25) is 0 Å². The van der Waals surface area contributed by atoms with Crippen molar-refractivity contribution >= 4 is 11.8 Å². The lowest BCUT2D eigenvalue weighted by Gasteiger charge is -2.12. The molecule has 0 aliphatic rings. The Balaban J connectivity index is 2.03. The van der Waals surface area contributed by atoms with Gasteiger partial charge in [0.15, 0.2) is 11.5 Å². The molecule has 6 heteroatoms. The largest absolute Gasteiger partial charge is 0.493 e. The maximum absolute atomic E-state index is 5.33. The molecular formula is C18H26N4O2. The van der Waals surface area contributed by atoms with Crippen LogP contribution in [0.5, 0.6) is 11.5 Å². The molecule has 1 aromatic heterocycles. The first kappa shape index (κ1) is 17.8. The van der Waals surface area contributed by atoms with Gasteiger partial charge >= 0.3 is 0 Å². The molecule has 2 N–H and O–H groups in total. The summed E-state index contributed by atoms with van der Waals surface area (Å²) in [6, 6.07) is 7.80.